The molecule has 6 nitrogen and oxygen atoms in total. The molecule has 0 radical (unpaired) electrons. The van der Waals surface area contributed by atoms with Gasteiger partial charge in [0.05, 0.1) is 12.4 Å². The summed E-state index contributed by atoms with van der Waals surface area (Å²) >= 11 is 3.93. The van der Waals surface area contributed by atoms with E-state index in [-0.39, 0.29) is 18.1 Å². The van der Waals surface area contributed by atoms with Crippen molar-refractivity contribution in [3.05, 3.63) is 72.3 Å². The molecule has 1 amide bonds. The number of fused-ring (bicyclic) bond motifs is 1. The van der Waals surface area contributed by atoms with Gasteiger partial charge in [-0.15, -0.1) is 0 Å². The van der Waals surface area contributed by atoms with Crippen LogP contribution in [0.25, 0.3) is 10.8 Å². The summed E-state index contributed by atoms with van der Waals surface area (Å²) in [6, 6.07) is 19.8. The number of rotatable bonds is 8. The van der Waals surface area contributed by atoms with E-state index in [1.165, 1.54) is 0 Å². The summed E-state index contributed by atoms with van der Waals surface area (Å²) in [6.07, 6.45) is -0.824. The predicted molar refractivity (Wildman–Crippen MR) is 128 cm³/mol. The number of carbonyl (C=O) groups is 2. The third-order valence-corrected chi connectivity index (χ3v) is 5.57. The highest BCUT2D eigenvalue weighted by Crippen LogP contribution is 2.43. The molecule has 0 aliphatic rings. The quantitative estimate of drug-likeness (QED) is 0.300. The number of esters is 1. The minimum Gasteiger partial charge on any atom is -0.507 e. The van der Waals surface area contributed by atoms with E-state index in [2.05, 4.69) is 17.9 Å². The van der Waals surface area contributed by atoms with Crippen LogP contribution in [0.4, 0.5) is 10.5 Å². The maximum atomic E-state index is 12.8. The molecule has 0 bridgehead atoms. The Bertz CT molecular complexity index is 1080. The Kier molecular flexibility index (Phi) is 7.64. The second-order valence-electron chi connectivity index (χ2n) is 8.11. The molecular formula is C25H27NO5S. The van der Waals surface area contributed by atoms with Crippen molar-refractivity contribution in [1.82, 2.24) is 0 Å². The summed E-state index contributed by atoms with van der Waals surface area (Å²) in [6.45, 7) is 4.07. The molecule has 0 saturated carbocycles. The Balaban J connectivity index is 1.93. The number of para-hydroxylation sites is 1. The van der Waals surface area contributed by atoms with Gasteiger partial charge in [0.15, 0.2) is 0 Å². The van der Waals surface area contributed by atoms with E-state index < -0.39 is 23.6 Å². The van der Waals surface area contributed by atoms with Crippen LogP contribution in [0.3, 0.4) is 0 Å². The zero-order chi connectivity index (χ0) is 23.1. The molecule has 0 aliphatic carbocycles. The lowest BCUT2D eigenvalue weighted by atomic mass is 9.78. The van der Waals surface area contributed by atoms with Gasteiger partial charge in [-0.3, -0.25) is 10.1 Å². The van der Waals surface area contributed by atoms with Gasteiger partial charge in [-0.1, -0.05) is 62.4 Å². The van der Waals surface area contributed by atoms with Crippen molar-refractivity contribution in [2.75, 3.05) is 17.7 Å². The number of aromatic hydroxyl groups is 1. The number of hydrogen-bond donors (Lipinski definition) is 3. The number of thiol groups is 1. The highest BCUT2D eigenvalue weighted by Gasteiger charge is 2.36. The molecule has 32 heavy (non-hydrogen) atoms. The number of hydrogen-bond acceptors (Lipinski definition) is 6. The smallest absolute Gasteiger partial charge is 0.412 e. The van der Waals surface area contributed by atoms with Crippen molar-refractivity contribution in [3.63, 3.8) is 0 Å². The van der Waals surface area contributed by atoms with Crippen molar-refractivity contribution in [2.45, 2.75) is 26.4 Å². The molecule has 0 aromatic heterocycles. The Morgan fingerprint density at radius 3 is 2.34 bits per heavy atom. The van der Waals surface area contributed by atoms with Crippen LogP contribution < -0.4 is 5.32 Å². The first-order valence-corrected chi connectivity index (χ1v) is 10.9. The van der Waals surface area contributed by atoms with E-state index in [0.29, 0.717) is 17.5 Å². The van der Waals surface area contributed by atoms with E-state index in [4.69, 9.17) is 9.47 Å². The van der Waals surface area contributed by atoms with Gasteiger partial charge >= 0.3 is 12.1 Å². The molecule has 7 heteroatoms. The van der Waals surface area contributed by atoms with E-state index in [9.17, 15) is 14.7 Å². The number of benzene rings is 3. The SMILES string of the molecule is CC(C)(CCOC(=O)CS)[C@H](OC(=O)Nc1ccccc1)c1ccc(O)c2ccccc12. The van der Waals surface area contributed by atoms with Crippen molar-refractivity contribution >= 4 is 41.2 Å². The molecule has 0 spiro atoms. The van der Waals surface area contributed by atoms with Crippen molar-refractivity contribution < 1.29 is 24.2 Å². The number of carbonyl (C=O) groups excluding carboxylic acids is 2. The third kappa shape index (κ3) is 5.73. The van der Waals surface area contributed by atoms with Gasteiger partial charge in [0.2, 0.25) is 0 Å². The van der Waals surface area contributed by atoms with Gasteiger partial charge in [0, 0.05) is 22.1 Å². The molecule has 0 saturated heterocycles. The maximum absolute atomic E-state index is 12.8. The van der Waals surface area contributed by atoms with E-state index in [1.807, 2.05) is 56.3 Å². The van der Waals surface area contributed by atoms with Crippen LogP contribution in [0.2, 0.25) is 0 Å². The van der Waals surface area contributed by atoms with Crippen LogP contribution in [0.5, 0.6) is 5.75 Å². The number of nitrogens with one attached hydrogen (secondary N) is 1. The lowest BCUT2D eigenvalue weighted by Gasteiger charge is -2.34. The van der Waals surface area contributed by atoms with Crippen molar-refractivity contribution in [3.8, 4) is 5.75 Å². The fraction of sp³-hybridized carbons (Fsp3) is 0.280. The van der Waals surface area contributed by atoms with Crippen LogP contribution in [-0.2, 0) is 14.3 Å². The molecular weight excluding hydrogens is 426 g/mol. The van der Waals surface area contributed by atoms with Crippen LogP contribution in [0.15, 0.2) is 66.7 Å². The lowest BCUT2D eigenvalue weighted by Crippen LogP contribution is -2.30. The van der Waals surface area contributed by atoms with E-state index >= 15 is 0 Å². The standard InChI is InChI=1S/C25H27NO5S/c1-25(2,14-15-30-22(28)16-32)23(31-24(29)26-17-8-4-3-5-9-17)20-12-13-21(27)19-11-7-6-10-18(19)20/h3-13,23,27,32H,14-16H2,1-2H3,(H,26,29)/t23-/m1/s1. The molecule has 0 heterocycles. The molecule has 2 N–H and O–H groups in total. The Labute approximate surface area is 193 Å². The summed E-state index contributed by atoms with van der Waals surface area (Å²) < 4.78 is 11.2. The first-order valence-electron chi connectivity index (χ1n) is 10.3. The average molecular weight is 454 g/mol. The largest absolute Gasteiger partial charge is 0.507 e. The van der Waals surface area contributed by atoms with Crippen LogP contribution >= 0.6 is 12.6 Å². The van der Waals surface area contributed by atoms with Gasteiger partial charge < -0.3 is 14.6 Å². The number of phenolic OH excluding ortho intramolecular Hbond substituents is 1. The summed E-state index contributed by atoms with van der Waals surface area (Å²) in [5, 5.41) is 14.5. The van der Waals surface area contributed by atoms with Crippen LogP contribution in [0, 0.1) is 5.41 Å². The first kappa shape index (κ1) is 23.5. The van der Waals surface area contributed by atoms with Crippen LogP contribution in [-0.4, -0.2) is 29.5 Å². The number of ether oxygens (including phenoxy) is 2. The molecule has 168 valence electrons. The normalized spacial score (nSPS) is 12.2. The average Bonchev–Trinajstić information content (AvgIpc) is 2.78. The molecule has 3 aromatic carbocycles. The first-order chi connectivity index (χ1) is 15.3. The number of phenols is 1. The number of anilines is 1. The van der Waals surface area contributed by atoms with E-state index in [1.54, 1.807) is 24.3 Å². The van der Waals surface area contributed by atoms with Gasteiger partial charge in [0.1, 0.15) is 11.9 Å². The van der Waals surface area contributed by atoms with Gasteiger partial charge in [-0.25, -0.2) is 4.79 Å². The molecule has 3 aromatic rings. The fourth-order valence-electron chi connectivity index (χ4n) is 3.56. The number of amides is 1. The predicted octanol–water partition coefficient (Wildman–Crippen LogP) is 5.72. The maximum Gasteiger partial charge on any atom is 0.412 e. The topological polar surface area (TPSA) is 84.9 Å². The van der Waals surface area contributed by atoms with Crippen LogP contribution in [0.1, 0.15) is 31.9 Å². The molecule has 0 unspecified atom stereocenters. The second-order valence-corrected chi connectivity index (χ2v) is 8.43. The molecule has 3 rings (SSSR count). The molecule has 1 atom stereocenters. The second kappa shape index (κ2) is 10.4. The highest BCUT2D eigenvalue weighted by molar-refractivity contribution is 7.81. The minimum absolute atomic E-state index is 0.00242. The minimum atomic E-state index is -0.675. The summed E-state index contributed by atoms with van der Waals surface area (Å²) in [5.41, 5.74) is 0.782. The van der Waals surface area contributed by atoms with E-state index in [0.717, 1.165) is 10.9 Å². The Morgan fingerprint density at radius 1 is 1.00 bits per heavy atom. The summed E-state index contributed by atoms with van der Waals surface area (Å²) in [4.78, 5) is 24.3. The van der Waals surface area contributed by atoms with Gasteiger partial charge in [0.25, 0.3) is 0 Å². The zero-order valence-electron chi connectivity index (χ0n) is 18.1. The summed E-state index contributed by atoms with van der Waals surface area (Å²) in [7, 11) is 0. The fourth-order valence-corrected chi connectivity index (χ4v) is 3.65. The summed E-state index contributed by atoms with van der Waals surface area (Å²) in [5.74, 6) is -0.251. The molecule has 0 fully saturated rings. The third-order valence-electron chi connectivity index (χ3n) is 5.31. The monoisotopic (exact) mass is 453 g/mol. The Morgan fingerprint density at radius 2 is 1.66 bits per heavy atom. The molecule has 0 aliphatic heterocycles. The zero-order valence-corrected chi connectivity index (χ0v) is 19.0. The van der Waals surface area contributed by atoms with Gasteiger partial charge in [-0.05, 0) is 30.0 Å². The Hall–Kier alpha value is -3.19. The van der Waals surface area contributed by atoms with Gasteiger partial charge in [-0.2, -0.15) is 12.6 Å². The highest BCUT2D eigenvalue weighted by atomic mass is 32.1. The van der Waals surface area contributed by atoms with Crippen molar-refractivity contribution in [2.24, 2.45) is 5.41 Å². The van der Waals surface area contributed by atoms with Crippen molar-refractivity contribution in [1.29, 1.82) is 0 Å². The lowest BCUT2D eigenvalue weighted by molar-refractivity contribution is -0.141.